The molecule has 2 atom stereocenters. The Morgan fingerprint density at radius 2 is 2.03 bits per heavy atom. The minimum absolute atomic E-state index is 0.194. The summed E-state index contributed by atoms with van der Waals surface area (Å²) in [6.07, 6.45) is 4.23. The lowest BCUT2D eigenvalue weighted by Crippen LogP contribution is -2.55. The van der Waals surface area contributed by atoms with Crippen LogP contribution in [-0.4, -0.2) is 80.2 Å². The van der Waals surface area contributed by atoms with Gasteiger partial charge in [-0.05, 0) is 50.2 Å². The minimum Gasteiger partial charge on any atom is -0.492 e. The fourth-order valence-electron chi connectivity index (χ4n) is 3.60. The molecule has 0 aliphatic heterocycles. The Hall–Kier alpha value is -2.65. The van der Waals surface area contributed by atoms with Gasteiger partial charge in [0.15, 0.2) is 0 Å². The molecule has 1 saturated carbocycles. The molecule has 0 saturated heterocycles. The van der Waals surface area contributed by atoms with Gasteiger partial charge >= 0.3 is 0 Å². The zero-order chi connectivity index (χ0) is 23.3. The van der Waals surface area contributed by atoms with Gasteiger partial charge in [-0.25, -0.2) is 0 Å². The van der Waals surface area contributed by atoms with Crippen molar-refractivity contribution in [2.45, 2.75) is 44.7 Å². The molecule has 2 rings (SSSR count). The summed E-state index contributed by atoms with van der Waals surface area (Å²) in [5.74, 6) is 0.476. The third kappa shape index (κ3) is 7.80. The van der Waals surface area contributed by atoms with E-state index in [1.807, 2.05) is 24.3 Å². The topological polar surface area (TPSA) is 120 Å². The zero-order valence-corrected chi connectivity index (χ0v) is 19.0. The number of aliphatic hydroxyl groups excluding tert-OH is 1. The Morgan fingerprint density at radius 1 is 1.28 bits per heavy atom. The first-order valence-electron chi connectivity index (χ1n) is 11.3. The van der Waals surface area contributed by atoms with Crippen LogP contribution >= 0.6 is 0 Å². The highest BCUT2D eigenvalue weighted by Gasteiger charge is 2.39. The van der Waals surface area contributed by atoms with Crippen molar-refractivity contribution in [2.24, 2.45) is 5.92 Å². The number of para-hydroxylation sites is 1. The van der Waals surface area contributed by atoms with Gasteiger partial charge in [0.2, 0.25) is 18.2 Å². The predicted molar refractivity (Wildman–Crippen MR) is 121 cm³/mol. The van der Waals surface area contributed by atoms with Gasteiger partial charge in [-0.1, -0.05) is 18.2 Å². The van der Waals surface area contributed by atoms with Crippen molar-refractivity contribution in [2.75, 3.05) is 39.9 Å². The van der Waals surface area contributed by atoms with Crippen LogP contribution in [0.25, 0.3) is 0 Å². The van der Waals surface area contributed by atoms with Gasteiger partial charge in [-0.3, -0.25) is 14.4 Å². The van der Waals surface area contributed by atoms with E-state index in [9.17, 15) is 19.5 Å². The van der Waals surface area contributed by atoms with Crippen molar-refractivity contribution in [3.8, 4) is 5.75 Å². The molecule has 0 aromatic heterocycles. The van der Waals surface area contributed by atoms with Crippen molar-refractivity contribution >= 4 is 18.2 Å². The second-order valence-electron chi connectivity index (χ2n) is 7.94. The van der Waals surface area contributed by atoms with Crippen molar-refractivity contribution in [1.82, 2.24) is 20.9 Å². The predicted octanol–water partition coefficient (Wildman–Crippen LogP) is 0.0676. The largest absolute Gasteiger partial charge is 0.492 e. The number of aryl methyl sites for hydroxylation is 1. The minimum atomic E-state index is -0.901. The van der Waals surface area contributed by atoms with E-state index in [0.29, 0.717) is 32.7 Å². The van der Waals surface area contributed by atoms with Gasteiger partial charge in [0, 0.05) is 26.7 Å². The van der Waals surface area contributed by atoms with E-state index in [2.05, 4.69) is 16.0 Å². The van der Waals surface area contributed by atoms with Crippen LogP contribution in [0.1, 0.15) is 31.7 Å². The summed E-state index contributed by atoms with van der Waals surface area (Å²) in [6.45, 7) is 3.30. The monoisotopic (exact) mass is 448 g/mol. The number of carbonyl (C=O) groups is 3. The molecule has 0 heterocycles. The number of benzene rings is 1. The number of likely N-dealkylation sites (N-methyl/N-ethyl adjacent to an activating group) is 2. The average Bonchev–Trinajstić information content (AvgIpc) is 3.63. The van der Waals surface area contributed by atoms with Crippen LogP contribution < -0.4 is 20.7 Å². The molecule has 1 aromatic rings. The number of rotatable bonds is 16. The molecule has 0 bridgehead atoms. The van der Waals surface area contributed by atoms with Crippen LogP contribution in [-0.2, 0) is 20.8 Å². The Morgan fingerprint density at radius 3 is 2.69 bits per heavy atom. The molecule has 0 spiro atoms. The number of amides is 3. The SMILES string of the molecule is CCNC(=O)C(CO)N(C)C(=O)C(NCCOc1ccccc1CCCNC=O)C1CC1. The number of nitrogens with zero attached hydrogens (tertiary/aromatic N) is 1. The Balaban J connectivity index is 1.87. The van der Waals surface area contributed by atoms with E-state index in [4.69, 9.17) is 4.74 Å². The van der Waals surface area contributed by atoms with Crippen molar-refractivity contribution in [3.05, 3.63) is 29.8 Å². The van der Waals surface area contributed by atoms with Crippen LogP contribution in [0, 0.1) is 5.92 Å². The van der Waals surface area contributed by atoms with Crippen molar-refractivity contribution in [3.63, 3.8) is 0 Å². The third-order valence-corrected chi connectivity index (χ3v) is 5.55. The summed E-state index contributed by atoms with van der Waals surface area (Å²) >= 11 is 0. The van der Waals surface area contributed by atoms with Gasteiger partial charge in [-0.15, -0.1) is 0 Å². The summed E-state index contributed by atoms with van der Waals surface area (Å²) < 4.78 is 5.94. The van der Waals surface area contributed by atoms with E-state index in [1.165, 1.54) is 4.90 Å². The normalized spacial score (nSPS) is 14.8. The number of hydrogen-bond donors (Lipinski definition) is 4. The number of carbonyl (C=O) groups excluding carboxylic acids is 3. The molecular formula is C23H36N4O5. The van der Waals surface area contributed by atoms with Crippen molar-refractivity contribution in [1.29, 1.82) is 0 Å². The lowest BCUT2D eigenvalue weighted by Gasteiger charge is -2.30. The standard InChI is InChI=1S/C23H36N4O5/c1-3-25-22(30)19(15-28)27(2)23(31)21(18-10-11-18)26-13-14-32-20-9-5-4-7-17(20)8-6-12-24-16-29/h4-5,7,9,16,18-19,21,26,28H,3,6,8,10-15H2,1-2H3,(H,24,29)(H,25,30). The molecule has 9 nitrogen and oxygen atoms in total. The lowest BCUT2D eigenvalue weighted by molar-refractivity contribution is -0.142. The Labute approximate surface area is 189 Å². The molecule has 1 aliphatic carbocycles. The maximum Gasteiger partial charge on any atom is 0.245 e. The van der Waals surface area contributed by atoms with E-state index in [-0.39, 0.29) is 17.7 Å². The molecule has 9 heteroatoms. The Kier molecular flexibility index (Phi) is 11.0. The molecule has 2 unspecified atom stereocenters. The summed E-state index contributed by atoms with van der Waals surface area (Å²) in [7, 11) is 1.56. The quantitative estimate of drug-likeness (QED) is 0.210. The first-order chi connectivity index (χ1) is 15.5. The number of nitrogens with one attached hydrogen (secondary N) is 3. The maximum absolute atomic E-state index is 13.0. The van der Waals surface area contributed by atoms with Crippen LogP contribution in [0.5, 0.6) is 5.75 Å². The molecule has 1 aromatic carbocycles. The smallest absolute Gasteiger partial charge is 0.245 e. The highest BCUT2D eigenvalue weighted by atomic mass is 16.5. The van der Waals surface area contributed by atoms with Crippen LogP contribution in [0.3, 0.4) is 0 Å². The summed E-state index contributed by atoms with van der Waals surface area (Å²) in [5, 5.41) is 18.2. The fraction of sp³-hybridized carbons (Fsp3) is 0.609. The molecule has 1 aliphatic rings. The second kappa shape index (κ2) is 13.7. The number of hydrogen-bond acceptors (Lipinski definition) is 6. The summed E-state index contributed by atoms with van der Waals surface area (Å²) in [5.41, 5.74) is 1.07. The van der Waals surface area contributed by atoms with Gasteiger partial charge < -0.3 is 30.7 Å². The molecule has 0 radical (unpaired) electrons. The molecular weight excluding hydrogens is 412 g/mol. The summed E-state index contributed by atoms with van der Waals surface area (Å²) in [6, 6.07) is 6.48. The molecule has 1 fully saturated rings. The van der Waals surface area contributed by atoms with Crippen LogP contribution in [0.4, 0.5) is 0 Å². The Bertz CT molecular complexity index is 741. The van der Waals surface area contributed by atoms with E-state index >= 15 is 0 Å². The fourth-order valence-corrected chi connectivity index (χ4v) is 3.60. The maximum atomic E-state index is 13.0. The molecule has 178 valence electrons. The number of ether oxygens (including phenoxy) is 1. The van der Waals surface area contributed by atoms with Gasteiger partial charge in [0.1, 0.15) is 18.4 Å². The van der Waals surface area contributed by atoms with E-state index < -0.39 is 18.7 Å². The van der Waals surface area contributed by atoms with E-state index in [1.54, 1.807) is 14.0 Å². The average molecular weight is 449 g/mol. The molecule has 3 amide bonds. The second-order valence-corrected chi connectivity index (χ2v) is 7.94. The third-order valence-electron chi connectivity index (χ3n) is 5.55. The first-order valence-corrected chi connectivity index (χ1v) is 11.3. The highest BCUT2D eigenvalue weighted by molar-refractivity contribution is 5.90. The van der Waals surface area contributed by atoms with Crippen molar-refractivity contribution < 1.29 is 24.2 Å². The van der Waals surface area contributed by atoms with E-state index in [0.717, 1.165) is 37.0 Å². The number of aliphatic hydroxyl groups is 1. The lowest BCUT2D eigenvalue weighted by atomic mass is 10.1. The summed E-state index contributed by atoms with van der Waals surface area (Å²) in [4.78, 5) is 36.9. The van der Waals surface area contributed by atoms with Crippen LogP contribution in [0.15, 0.2) is 24.3 Å². The molecule has 4 N–H and O–H groups in total. The van der Waals surface area contributed by atoms with Gasteiger partial charge in [0.25, 0.3) is 0 Å². The zero-order valence-electron chi connectivity index (χ0n) is 19.0. The van der Waals surface area contributed by atoms with Gasteiger partial charge in [0.05, 0.1) is 12.6 Å². The first kappa shape index (κ1) is 25.6. The molecule has 32 heavy (non-hydrogen) atoms. The highest BCUT2D eigenvalue weighted by Crippen LogP contribution is 2.33. The van der Waals surface area contributed by atoms with Gasteiger partial charge in [-0.2, -0.15) is 0 Å². The van der Waals surface area contributed by atoms with Crippen LogP contribution in [0.2, 0.25) is 0 Å².